The third-order valence-corrected chi connectivity index (χ3v) is 8.22. The van der Waals surface area contributed by atoms with E-state index in [1.54, 1.807) is 37.3 Å². The fourth-order valence-corrected chi connectivity index (χ4v) is 6.17. The van der Waals surface area contributed by atoms with E-state index in [0.29, 0.717) is 27.4 Å². The van der Waals surface area contributed by atoms with E-state index >= 15 is 0 Å². The van der Waals surface area contributed by atoms with E-state index < -0.39 is 16.1 Å². The maximum atomic E-state index is 13.2. The molecule has 1 heterocycles. The average molecular weight is 500 g/mol. The van der Waals surface area contributed by atoms with E-state index in [9.17, 15) is 18.0 Å². The molecule has 178 valence electrons. The largest absolute Gasteiger partial charge is 0.357 e. The van der Waals surface area contributed by atoms with Gasteiger partial charge in [0, 0.05) is 37.0 Å². The van der Waals surface area contributed by atoms with Crippen molar-refractivity contribution in [1.82, 2.24) is 10.2 Å². The fourth-order valence-electron chi connectivity index (χ4n) is 4.29. The molecular formula is C25H26ClN3O4S. The number of benzene rings is 3. The number of nitrogens with one attached hydrogen (secondary N) is 1. The predicted octanol–water partition coefficient (Wildman–Crippen LogP) is 3.95. The first-order chi connectivity index (χ1) is 16.2. The van der Waals surface area contributed by atoms with Crippen LogP contribution in [0.1, 0.15) is 25.3 Å². The first kappa shape index (κ1) is 24.0. The molecule has 3 aromatic rings. The molecule has 4 rings (SSSR count). The number of carbonyl (C=O) groups excluding carboxylic acids is 2. The van der Waals surface area contributed by atoms with Gasteiger partial charge in [-0.1, -0.05) is 48.0 Å². The molecule has 1 aliphatic heterocycles. The summed E-state index contributed by atoms with van der Waals surface area (Å²) >= 11 is 5.96. The Kier molecular flexibility index (Phi) is 6.81. The smallest absolute Gasteiger partial charge is 0.265 e. The molecule has 1 N–H and O–H groups in total. The summed E-state index contributed by atoms with van der Waals surface area (Å²) in [5.41, 5.74) is 1.48. The number of anilines is 1. The van der Waals surface area contributed by atoms with E-state index in [4.69, 9.17) is 11.6 Å². The monoisotopic (exact) mass is 499 g/mol. The Labute approximate surface area is 204 Å². The number of likely N-dealkylation sites (N-methyl/N-ethyl adjacent to an activating group) is 1. The van der Waals surface area contributed by atoms with Crippen molar-refractivity contribution in [3.8, 4) is 0 Å². The van der Waals surface area contributed by atoms with Gasteiger partial charge < -0.3 is 10.2 Å². The van der Waals surface area contributed by atoms with Gasteiger partial charge in [-0.3, -0.25) is 13.9 Å². The molecule has 0 bridgehead atoms. The highest BCUT2D eigenvalue weighted by Gasteiger charge is 2.35. The second kappa shape index (κ2) is 9.64. The van der Waals surface area contributed by atoms with Crippen LogP contribution in [0.3, 0.4) is 0 Å². The lowest BCUT2D eigenvalue weighted by Gasteiger charge is -2.29. The topological polar surface area (TPSA) is 86.8 Å². The summed E-state index contributed by atoms with van der Waals surface area (Å²) in [6, 6.07) is 17.2. The lowest BCUT2D eigenvalue weighted by molar-refractivity contribution is -0.140. The van der Waals surface area contributed by atoms with Crippen LogP contribution in [0.15, 0.2) is 65.6 Å². The van der Waals surface area contributed by atoms with Crippen molar-refractivity contribution in [2.24, 2.45) is 0 Å². The van der Waals surface area contributed by atoms with E-state index in [1.807, 2.05) is 30.3 Å². The first-order valence-electron chi connectivity index (χ1n) is 11.0. The molecule has 1 atom stereocenters. The first-order valence-corrected chi connectivity index (χ1v) is 12.9. The van der Waals surface area contributed by atoms with Crippen LogP contribution in [-0.2, 0) is 26.2 Å². The average Bonchev–Trinajstić information content (AvgIpc) is 3.05. The van der Waals surface area contributed by atoms with Crippen molar-refractivity contribution >= 4 is 49.9 Å². The van der Waals surface area contributed by atoms with Gasteiger partial charge in [0.15, 0.2) is 0 Å². The van der Waals surface area contributed by atoms with Crippen LogP contribution in [0.5, 0.6) is 0 Å². The zero-order valence-corrected chi connectivity index (χ0v) is 20.6. The number of sulfonamides is 1. The SMILES string of the molecule is CNC(=O)[C@H](C)N(Cc1ccc(Cl)cc1)C(=O)CCCN1c2cccc3cccc(c23)S1(=O)=O. The van der Waals surface area contributed by atoms with E-state index in [2.05, 4.69) is 5.32 Å². The molecule has 0 spiro atoms. The molecule has 0 aliphatic carbocycles. The second-order valence-electron chi connectivity index (χ2n) is 8.25. The van der Waals surface area contributed by atoms with Gasteiger partial charge in [0.2, 0.25) is 11.8 Å². The number of carbonyl (C=O) groups is 2. The number of nitrogens with zero attached hydrogens (tertiary/aromatic N) is 2. The van der Waals surface area contributed by atoms with Gasteiger partial charge in [0.1, 0.15) is 6.04 Å². The van der Waals surface area contributed by atoms with Gasteiger partial charge in [-0.2, -0.15) is 0 Å². The van der Waals surface area contributed by atoms with Crippen molar-refractivity contribution in [3.05, 3.63) is 71.2 Å². The summed E-state index contributed by atoms with van der Waals surface area (Å²) in [6.07, 6.45) is 0.424. The zero-order chi connectivity index (χ0) is 24.5. The molecule has 0 radical (unpaired) electrons. The maximum absolute atomic E-state index is 13.2. The lowest BCUT2D eigenvalue weighted by Crippen LogP contribution is -2.46. The standard InChI is InChI=1S/C25H26ClN3O4S/c1-17(25(31)27-2)28(16-18-11-13-20(26)14-12-18)23(30)10-5-15-29-21-8-3-6-19-7-4-9-22(24(19)21)34(29,32)33/h3-4,6-9,11-14,17H,5,10,15-16H2,1-2H3,(H,27,31)/t17-/m0/s1. The van der Waals surface area contributed by atoms with Crippen molar-refractivity contribution < 1.29 is 18.0 Å². The van der Waals surface area contributed by atoms with Crippen molar-refractivity contribution in [2.75, 3.05) is 17.9 Å². The molecule has 34 heavy (non-hydrogen) atoms. The summed E-state index contributed by atoms with van der Waals surface area (Å²) < 4.78 is 27.7. The Bertz CT molecular complexity index is 1340. The summed E-state index contributed by atoms with van der Waals surface area (Å²) in [7, 11) is -2.14. The van der Waals surface area contributed by atoms with Crippen LogP contribution in [-0.4, -0.2) is 44.8 Å². The van der Waals surface area contributed by atoms with Gasteiger partial charge in [0.05, 0.1) is 10.6 Å². The Morgan fingerprint density at radius 1 is 1.06 bits per heavy atom. The molecule has 9 heteroatoms. The van der Waals surface area contributed by atoms with Gasteiger partial charge >= 0.3 is 0 Å². The van der Waals surface area contributed by atoms with Crippen molar-refractivity contribution in [3.63, 3.8) is 0 Å². The molecule has 0 unspecified atom stereocenters. The summed E-state index contributed by atoms with van der Waals surface area (Å²) in [5.74, 6) is -0.495. The number of halogens is 1. The van der Waals surface area contributed by atoms with E-state index in [-0.39, 0.29) is 31.3 Å². The lowest BCUT2D eigenvalue weighted by atomic mass is 10.1. The van der Waals surface area contributed by atoms with Gasteiger partial charge in [-0.15, -0.1) is 0 Å². The molecule has 0 saturated heterocycles. The quantitative estimate of drug-likeness (QED) is 0.508. The minimum Gasteiger partial charge on any atom is -0.357 e. The summed E-state index contributed by atoms with van der Waals surface area (Å²) in [6.45, 7) is 2.09. The molecule has 1 aliphatic rings. The molecule has 0 fully saturated rings. The minimum atomic E-state index is -3.67. The maximum Gasteiger partial charge on any atom is 0.265 e. The predicted molar refractivity (Wildman–Crippen MR) is 133 cm³/mol. The van der Waals surface area contributed by atoms with Gasteiger partial charge in [-0.25, -0.2) is 8.42 Å². The van der Waals surface area contributed by atoms with Crippen LogP contribution >= 0.6 is 11.6 Å². The number of rotatable bonds is 8. The number of amides is 2. The molecule has 2 amide bonds. The Hall–Kier alpha value is -3.10. The van der Waals surface area contributed by atoms with E-state index in [1.165, 1.54) is 16.3 Å². The Balaban J connectivity index is 1.49. The van der Waals surface area contributed by atoms with E-state index in [0.717, 1.165) is 10.9 Å². The Morgan fingerprint density at radius 3 is 2.41 bits per heavy atom. The Morgan fingerprint density at radius 2 is 1.74 bits per heavy atom. The van der Waals surface area contributed by atoms with Crippen molar-refractivity contribution in [2.45, 2.75) is 37.2 Å². The minimum absolute atomic E-state index is 0.104. The summed E-state index contributed by atoms with van der Waals surface area (Å²) in [5, 5.41) is 4.76. The van der Waals surface area contributed by atoms with Crippen LogP contribution in [0.25, 0.3) is 10.8 Å². The molecule has 7 nitrogen and oxygen atoms in total. The van der Waals surface area contributed by atoms with Gasteiger partial charge in [0.25, 0.3) is 10.0 Å². The fraction of sp³-hybridized carbons (Fsp3) is 0.280. The van der Waals surface area contributed by atoms with Crippen LogP contribution < -0.4 is 9.62 Å². The highest BCUT2D eigenvalue weighted by molar-refractivity contribution is 7.93. The van der Waals surface area contributed by atoms with Crippen LogP contribution in [0.4, 0.5) is 5.69 Å². The second-order valence-corrected chi connectivity index (χ2v) is 10.5. The molecule has 0 aromatic heterocycles. The number of hydrogen-bond donors (Lipinski definition) is 1. The normalized spacial score (nSPS) is 14.7. The number of hydrogen-bond acceptors (Lipinski definition) is 4. The highest BCUT2D eigenvalue weighted by atomic mass is 35.5. The zero-order valence-electron chi connectivity index (χ0n) is 19.0. The molecular weight excluding hydrogens is 474 g/mol. The summed E-state index contributed by atoms with van der Waals surface area (Å²) in [4.78, 5) is 27.3. The molecule has 3 aromatic carbocycles. The van der Waals surface area contributed by atoms with Crippen LogP contribution in [0.2, 0.25) is 5.02 Å². The molecule has 0 saturated carbocycles. The highest BCUT2D eigenvalue weighted by Crippen LogP contribution is 2.42. The third-order valence-electron chi connectivity index (χ3n) is 6.11. The third kappa shape index (κ3) is 4.48. The van der Waals surface area contributed by atoms with Crippen molar-refractivity contribution in [1.29, 1.82) is 0 Å². The van der Waals surface area contributed by atoms with Gasteiger partial charge in [-0.05, 0) is 48.6 Å². The van der Waals surface area contributed by atoms with Crippen LogP contribution in [0, 0.1) is 0 Å².